The Labute approximate surface area is 122 Å². The Morgan fingerprint density at radius 2 is 1.95 bits per heavy atom. The topological polar surface area (TPSA) is 67.3 Å². The summed E-state index contributed by atoms with van der Waals surface area (Å²) in [7, 11) is 1.51. The van der Waals surface area contributed by atoms with E-state index in [0.29, 0.717) is 17.4 Å². The molecule has 1 aromatic heterocycles. The van der Waals surface area contributed by atoms with Crippen molar-refractivity contribution in [2.75, 3.05) is 19.0 Å². The standard InChI is InChI=1S/C14H16ClN3O2/c1-20-14-17-8-12(15)13(18-14)16-7-6-10-2-4-11(9-19)5-3-10/h2-5,8,19H,6-7,9H2,1H3,(H,16,17,18). The van der Waals surface area contributed by atoms with Crippen LogP contribution in [0.5, 0.6) is 6.01 Å². The molecule has 2 N–H and O–H groups in total. The van der Waals surface area contributed by atoms with Crippen molar-refractivity contribution in [1.82, 2.24) is 9.97 Å². The van der Waals surface area contributed by atoms with Gasteiger partial charge in [-0.05, 0) is 17.5 Å². The Morgan fingerprint density at radius 1 is 1.25 bits per heavy atom. The smallest absolute Gasteiger partial charge is 0.318 e. The third-order valence-corrected chi connectivity index (χ3v) is 3.09. The van der Waals surface area contributed by atoms with Gasteiger partial charge in [-0.1, -0.05) is 35.9 Å². The first-order valence-corrected chi connectivity index (χ1v) is 6.60. The van der Waals surface area contributed by atoms with Gasteiger partial charge < -0.3 is 15.2 Å². The van der Waals surface area contributed by atoms with Crippen LogP contribution in [0.25, 0.3) is 0 Å². The van der Waals surface area contributed by atoms with Crippen LogP contribution in [-0.4, -0.2) is 28.7 Å². The lowest BCUT2D eigenvalue weighted by Gasteiger charge is -2.08. The van der Waals surface area contributed by atoms with Crippen LogP contribution < -0.4 is 10.1 Å². The highest BCUT2D eigenvalue weighted by Gasteiger charge is 2.05. The summed E-state index contributed by atoms with van der Waals surface area (Å²) < 4.78 is 4.96. The van der Waals surface area contributed by atoms with Gasteiger partial charge in [0.05, 0.1) is 19.9 Å². The lowest BCUT2D eigenvalue weighted by molar-refractivity contribution is 0.282. The molecule has 1 heterocycles. The normalized spacial score (nSPS) is 10.3. The van der Waals surface area contributed by atoms with Gasteiger partial charge in [-0.3, -0.25) is 0 Å². The second kappa shape index (κ2) is 7.07. The molecule has 0 atom stereocenters. The number of rotatable bonds is 6. The molecule has 0 fully saturated rings. The van der Waals surface area contributed by atoms with Crippen molar-refractivity contribution in [3.63, 3.8) is 0 Å². The number of ether oxygens (including phenoxy) is 1. The van der Waals surface area contributed by atoms with Gasteiger partial charge >= 0.3 is 6.01 Å². The Morgan fingerprint density at radius 3 is 2.60 bits per heavy atom. The van der Waals surface area contributed by atoms with Crippen molar-refractivity contribution in [1.29, 1.82) is 0 Å². The minimum absolute atomic E-state index is 0.0644. The lowest BCUT2D eigenvalue weighted by Crippen LogP contribution is -2.08. The maximum atomic E-state index is 8.98. The number of aliphatic hydroxyl groups excluding tert-OH is 1. The third-order valence-electron chi connectivity index (χ3n) is 2.82. The maximum absolute atomic E-state index is 8.98. The Hall–Kier alpha value is -1.85. The van der Waals surface area contributed by atoms with Crippen LogP contribution in [-0.2, 0) is 13.0 Å². The fraction of sp³-hybridized carbons (Fsp3) is 0.286. The summed E-state index contributed by atoms with van der Waals surface area (Å²) in [4.78, 5) is 8.05. The van der Waals surface area contributed by atoms with E-state index in [1.165, 1.54) is 18.9 Å². The monoisotopic (exact) mass is 293 g/mol. The zero-order chi connectivity index (χ0) is 14.4. The third kappa shape index (κ3) is 3.82. The predicted octanol–water partition coefficient (Wildman–Crippen LogP) is 2.29. The van der Waals surface area contributed by atoms with E-state index in [0.717, 1.165) is 12.0 Å². The summed E-state index contributed by atoms with van der Waals surface area (Å²) in [6.07, 6.45) is 2.33. The van der Waals surface area contributed by atoms with Crippen LogP contribution in [0.1, 0.15) is 11.1 Å². The van der Waals surface area contributed by atoms with E-state index in [2.05, 4.69) is 15.3 Å². The number of halogens is 1. The highest BCUT2D eigenvalue weighted by atomic mass is 35.5. The first-order chi connectivity index (χ1) is 9.72. The van der Waals surface area contributed by atoms with Gasteiger partial charge in [0.1, 0.15) is 5.02 Å². The molecule has 2 rings (SSSR count). The van der Waals surface area contributed by atoms with E-state index < -0.39 is 0 Å². The molecule has 5 nitrogen and oxygen atoms in total. The minimum Gasteiger partial charge on any atom is -0.467 e. The molecular weight excluding hydrogens is 278 g/mol. The van der Waals surface area contributed by atoms with E-state index in [4.69, 9.17) is 21.4 Å². The van der Waals surface area contributed by atoms with Gasteiger partial charge in [0.15, 0.2) is 5.82 Å². The average Bonchev–Trinajstić information content (AvgIpc) is 2.50. The van der Waals surface area contributed by atoms with E-state index in [-0.39, 0.29) is 12.6 Å². The molecule has 1 aromatic carbocycles. The fourth-order valence-corrected chi connectivity index (χ4v) is 1.87. The molecule has 0 aliphatic carbocycles. The van der Waals surface area contributed by atoms with Crippen molar-refractivity contribution in [3.05, 3.63) is 46.6 Å². The van der Waals surface area contributed by atoms with Crippen molar-refractivity contribution in [2.24, 2.45) is 0 Å². The molecule has 0 bridgehead atoms. The van der Waals surface area contributed by atoms with Crippen LogP contribution in [0, 0.1) is 0 Å². The van der Waals surface area contributed by atoms with E-state index in [1.54, 1.807) is 0 Å². The number of aromatic nitrogens is 2. The molecule has 0 saturated heterocycles. The predicted molar refractivity (Wildman–Crippen MR) is 78.2 cm³/mol. The number of nitrogens with zero attached hydrogens (tertiary/aromatic N) is 2. The zero-order valence-corrected chi connectivity index (χ0v) is 11.9. The van der Waals surface area contributed by atoms with Crippen LogP contribution >= 0.6 is 11.6 Å². The van der Waals surface area contributed by atoms with Gasteiger partial charge in [0.2, 0.25) is 0 Å². The number of aliphatic hydroxyl groups is 1. The van der Waals surface area contributed by atoms with Gasteiger partial charge in [-0.25, -0.2) is 4.98 Å². The minimum atomic E-state index is 0.0644. The van der Waals surface area contributed by atoms with Crippen LogP contribution in [0.15, 0.2) is 30.5 Å². The summed E-state index contributed by atoms with van der Waals surface area (Å²) in [6, 6.07) is 8.10. The molecule has 0 aliphatic rings. The number of anilines is 1. The van der Waals surface area contributed by atoms with Gasteiger partial charge in [-0.2, -0.15) is 4.98 Å². The molecule has 0 saturated carbocycles. The molecule has 6 heteroatoms. The number of methoxy groups -OCH3 is 1. The second-order valence-electron chi connectivity index (χ2n) is 4.20. The largest absolute Gasteiger partial charge is 0.467 e. The molecule has 0 aliphatic heterocycles. The van der Waals surface area contributed by atoms with Crippen LogP contribution in [0.3, 0.4) is 0 Å². The van der Waals surface area contributed by atoms with E-state index >= 15 is 0 Å². The number of hydrogen-bond donors (Lipinski definition) is 2. The first-order valence-electron chi connectivity index (χ1n) is 6.22. The molecule has 2 aromatic rings. The average molecular weight is 294 g/mol. The SMILES string of the molecule is COc1ncc(Cl)c(NCCc2ccc(CO)cc2)n1. The van der Waals surface area contributed by atoms with Crippen LogP contribution in [0.4, 0.5) is 5.82 Å². The lowest BCUT2D eigenvalue weighted by atomic mass is 10.1. The van der Waals surface area contributed by atoms with Crippen molar-refractivity contribution < 1.29 is 9.84 Å². The zero-order valence-electron chi connectivity index (χ0n) is 11.1. The van der Waals surface area contributed by atoms with Gasteiger partial charge in [0.25, 0.3) is 0 Å². The van der Waals surface area contributed by atoms with Crippen molar-refractivity contribution in [3.8, 4) is 6.01 Å². The quantitative estimate of drug-likeness (QED) is 0.855. The Balaban J connectivity index is 1.91. The molecule has 0 unspecified atom stereocenters. The fourth-order valence-electron chi connectivity index (χ4n) is 1.71. The van der Waals surface area contributed by atoms with E-state index in [1.807, 2.05) is 24.3 Å². The summed E-state index contributed by atoms with van der Waals surface area (Å²) in [6.45, 7) is 0.757. The first kappa shape index (κ1) is 14.6. The molecule has 0 radical (unpaired) electrons. The number of nitrogens with one attached hydrogen (secondary N) is 1. The summed E-state index contributed by atoms with van der Waals surface area (Å²) in [5.74, 6) is 0.561. The summed E-state index contributed by atoms with van der Waals surface area (Å²) >= 11 is 6.00. The van der Waals surface area contributed by atoms with Crippen molar-refractivity contribution >= 4 is 17.4 Å². The summed E-state index contributed by atoms with van der Waals surface area (Å²) in [5, 5.41) is 12.6. The van der Waals surface area contributed by atoms with Gasteiger partial charge in [-0.15, -0.1) is 0 Å². The Kier molecular flexibility index (Phi) is 5.15. The second-order valence-corrected chi connectivity index (χ2v) is 4.61. The molecule has 106 valence electrons. The maximum Gasteiger partial charge on any atom is 0.318 e. The molecule has 20 heavy (non-hydrogen) atoms. The number of benzene rings is 1. The van der Waals surface area contributed by atoms with Gasteiger partial charge in [0, 0.05) is 6.54 Å². The molecule has 0 spiro atoms. The highest BCUT2D eigenvalue weighted by molar-refractivity contribution is 6.32. The number of hydrogen-bond acceptors (Lipinski definition) is 5. The van der Waals surface area contributed by atoms with Crippen LogP contribution in [0.2, 0.25) is 5.02 Å². The highest BCUT2D eigenvalue weighted by Crippen LogP contribution is 2.20. The van der Waals surface area contributed by atoms with E-state index in [9.17, 15) is 0 Å². The van der Waals surface area contributed by atoms with Crippen molar-refractivity contribution in [2.45, 2.75) is 13.0 Å². The Bertz CT molecular complexity index is 561. The summed E-state index contributed by atoms with van der Waals surface area (Å²) in [5.41, 5.74) is 2.08. The molecular formula is C14H16ClN3O2. The molecule has 0 amide bonds.